The Morgan fingerprint density at radius 1 is 0.312 bits per heavy atom. The second-order valence-electron chi connectivity index (χ2n) is 17.5. The van der Waals surface area contributed by atoms with Crippen LogP contribution in [0.1, 0.15) is 29.5 Å². The fourth-order valence-corrected chi connectivity index (χ4v) is 10.8. The Kier molecular flexibility index (Phi) is 9.42. The predicted molar refractivity (Wildman–Crippen MR) is 274 cm³/mol. The number of rotatable bonds is 7. The van der Waals surface area contributed by atoms with Gasteiger partial charge in [-0.25, -0.2) is 0 Å². The van der Waals surface area contributed by atoms with Gasteiger partial charge >= 0.3 is 0 Å². The summed E-state index contributed by atoms with van der Waals surface area (Å²) in [5.74, 6) is 0. The molecule has 0 saturated heterocycles. The molecule has 0 heterocycles. The first-order valence-electron chi connectivity index (χ1n) is 22.8. The van der Waals surface area contributed by atoms with E-state index in [0.717, 1.165) is 12.8 Å². The molecule has 12 rings (SSSR count). The average molecular weight is 818 g/mol. The Morgan fingerprint density at radius 3 is 1.19 bits per heavy atom. The Labute approximate surface area is 375 Å². The van der Waals surface area contributed by atoms with Crippen LogP contribution in [0.3, 0.4) is 0 Å². The molecule has 0 aliphatic heterocycles. The highest BCUT2D eigenvalue weighted by Gasteiger charge is 2.23. The minimum Gasteiger partial charge on any atom is -0.310 e. The Hall–Kier alpha value is -7.74. The van der Waals surface area contributed by atoms with E-state index in [-0.39, 0.29) is 0 Å². The van der Waals surface area contributed by atoms with Gasteiger partial charge in [0.2, 0.25) is 0 Å². The van der Waals surface area contributed by atoms with Gasteiger partial charge in [0.15, 0.2) is 0 Å². The van der Waals surface area contributed by atoms with Crippen molar-refractivity contribution in [3.05, 3.63) is 235 Å². The number of hydrogen-bond acceptors (Lipinski definition) is 1. The molecule has 0 spiro atoms. The van der Waals surface area contributed by atoms with Crippen LogP contribution in [0.25, 0.3) is 87.6 Å². The monoisotopic (exact) mass is 817 g/mol. The third kappa shape index (κ3) is 6.39. The lowest BCUT2D eigenvalue weighted by molar-refractivity contribution is 0.686. The molecule has 0 atom stereocenters. The summed E-state index contributed by atoms with van der Waals surface area (Å²) in [5, 5.41) is 10.1. The van der Waals surface area contributed by atoms with Crippen LogP contribution in [-0.2, 0) is 12.8 Å². The summed E-state index contributed by atoms with van der Waals surface area (Å²) < 4.78 is 0. The zero-order chi connectivity index (χ0) is 42.6. The molecule has 304 valence electrons. The van der Waals surface area contributed by atoms with E-state index in [1.807, 2.05) is 0 Å². The minimum absolute atomic E-state index is 1.12. The van der Waals surface area contributed by atoms with Crippen molar-refractivity contribution in [2.24, 2.45) is 0 Å². The van der Waals surface area contributed by atoms with Crippen molar-refractivity contribution in [3.8, 4) is 44.5 Å². The van der Waals surface area contributed by atoms with Gasteiger partial charge in [-0.1, -0.05) is 188 Å². The number of anilines is 3. The van der Waals surface area contributed by atoms with Gasteiger partial charge < -0.3 is 4.90 Å². The number of fused-ring (bicyclic) bond motifs is 5. The lowest BCUT2D eigenvalue weighted by Gasteiger charge is -2.30. The van der Waals surface area contributed by atoms with Gasteiger partial charge in [0.05, 0.1) is 0 Å². The topological polar surface area (TPSA) is 3.24 Å². The highest BCUT2D eigenvalue weighted by atomic mass is 15.1. The molecule has 0 fully saturated rings. The van der Waals surface area contributed by atoms with Gasteiger partial charge in [-0.15, -0.1) is 0 Å². The van der Waals surface area contributed by atoms with Crippen LogP contribution in [0.2, 0.25) is 0 Å². The average Bonchev–Trinajstić information content (AvgIpc) is 3.36. The summed E-state index contributed by atoms with van der Waals surface area (Å²) >= 11 is 0. The first-order chi connectivity index (χ1) is 31.7. The second-order valence-corrected chi connectivity index (χ2v) is 17.5. The largest absolute Gasteiger partial charge is 0.310 e. The zero-order valence-electron chi connectivity index (χ0n) is 36.1. The summed E-state index contributed by atoms with van der Waals surface area (Å²) in [6.45, 7) is 2.16. The number of benzene rings is 11. The smallest absolute Gasteiger partial charge is 0.0496 e. The number of para-hydroxylation sites is 1. The molecule has 11 aromatic carbocycles. The summed E-state index contributed by atoms with van der Waals surface area (Å²) in [6, 6.07) is 81.3. The maximum absolute atomic E-state index is 2.46. The van der Waals surface area contributed by atoms with Crippen LogP contribution < -0.4 is 4.90 Å². The molecule has 1 heteroatoms. The molecule has 0 amide bonds. The lowest BCUT2D eigenvalue weighted by atomic mass is 9.83. The van der Waals surface area contributed by atoms with Crippen molar-refractivity contribution in [2.75, 3.05) is 4.90 Å². The molecule has 1 nitrogen and oxygen atoms in total. The third-order valence-corrected chi connectivity index (χ3v) is 13.7. The van der Waals surface area contributed by atoms with E-state index in [0.29, 0.717) is 0 Å². The van der Waals surface area contributed by atoms with Gasteiger partial charge in [0, 0.05) is 17.1 Å². The fraction of sp³-hybridized carbons (Fsp3) is 0.0794. The molecule has 0 saturated carbocycles. The van der Waals surface area contributed by atoms with Crippen LogP contribution in [0.4, 0.5) is 17.1 Å². The van der Waals surface area contributed by atoms with Crippen LogP contribution in [0, 0.1) is 6.92 Å². The van der Waals surface area contributed by atoms with E-state index in [9.17, 15) is 0 Å². The fourth-order valence-electron chi connectivity index (χ4n) is 10.8. The summed E-state index contributed by atoms with van der Waals surface area (Å²) in [5.41, 5.74) is 17.9. The predicted octanol–water partition coefficient (Wildman–Crippen LogP) is 17.6. The maximum atomic E-state index is 2.46. The molecule has 0 unspecified atom stereocenters. The quantitative estimate of drug-likeness (QED) is 0.145. The van der Waals surface area contributed by atoms with E-state index in [4.69, 9.17) is 0 Å². The van der Waals surface area contributed by atoms with Crippen molar-refractivity contribution in [1.82, 2.24) is 0 Å². The number of nitrogens with zero attached hydrogens (tertiary/aromatic N) is 1. The van der Waals surface area contributed by atoms with E-state index in [1.54, 1.807) is 0 Å². The molecular formula is C63H47N. The Morgan fingerprint density at radius 2 is 0.703 bits per heavy atom. The Bertz CT molecular complexity index is 3430. The van der Waals surface area contributed by atoms with E-state index in [2.05, 4.69) is 230 Å². The molecule has 0 N–H and O–H groups in total. The van der Waals surface area contributed by atoms with Crippen molar-refractivity contribution < 1.29 is 0 Å². The number of aryl methyl sites for hydroxylation is 2. The molecule has 0 aromatic heterocycles. The van der Waals surface area contributed by atoms with Gasteiger partial charge in [0.25, 0.3) is 0 Å². The van der Waals surface area contributed by atoms with Gasteiger partial charge in [0.1, 0.15) is 0 Å². The summed E-state index contributed by atoms with van der Waals surface area (Å²) in [7, 11) is 0. The lowest BCUT2D eigenvalue weighted by Crippen LogP contribution is -2.15. The molecular weight excluding hydrogens is 771 g/mol. The first kappa shape index (κ1) is 38.0. The molecule has 11 aromatic rings. The normalized spacial score (nSPS) is 12.5. The molecule has 0 radical (unpaired) electrons. The van der Waals surface area contributed by atoms with Gasteiger partial charge in [-0.05, 0) is 168 Å². The van der Waals surface area contributed by atoms with Crippen LogP contribution in [0.15, 0.2) is 218 Å². The zero-order valence-corrected chi connectivity index (χ0v) is 36.1. The van der Waals surface area contributed by atoms with Crippen molar-refractivity contribution in [2.45, 2.75) is 32.6 Å². The highest BCUT2D eigenvalue weighted by Crippen LogP contribution is 2.48. The number of hydrogen-bond donors (Lipinski definition) is 0. The minimum atomic E-state index is 1.12. The highest BCUT2D eigenvalue weighted by molar-refractivity contribution is 6.23. The van der Waals surface area contributed by atoms with Crippen LogP contribution in [0.5, 0.6) is 0 Å². The van der Waals surface area contributed by atoms with Crippen molar-refractivity contribution >= 4 is 60.2 Å². The van der Waals surface area contributed by atoms with Gasteiger partial charge in [-0.2, -0.15) is 0 Å². The van der Waals surface area contributed by atoms with Crippen molar-refractivity contribution in [1.29, 1.82) is 0 Å². The molecule has 1 aliphatic carbocycles. The van der Waals surface area contributed by atoms with Crippen molar-refractivity contribution in [3.63, 3.8) is 0 Å². The van der Waals surface area contributed by atoms with Crippen LogP contribution in [-0.4, -0.2) is 0 Å². The second kappa shape index (κ2) is 15.9. The van der Waals surface area contributed by atoms with E-state index in [1.165, 1.54) is 134 Å². The standard InChI is InChI=1S/C63H47N/c1-42-33-35-44(36-34-42)60-51-24-7-11-28-55(51)62(56-29-12-8-25-52(56)60)46-19-15-20-47(41-46)63-57-30-13-9-26-53(57)61(54-27-10-14-31-58(54)63)45-37-39-49(40-38-45)64(48-21-3-2-4-22-48)59-32-16-18-43-17-5-6-23-50(43)59/h2-4,7-16,18-22,24-41H,5-6,17,23H2,1H3. The van der Waals surface area contributed by atoms with E-state index < -0.39 is 0 Å². The molecule has 1 aliphatic rings. The molecule has 0 bridgehead atoms. The SMILES string of the molecule is Cc1ccc(-c2c3ccccc3c(-c3cccc(-c4c5ccccc5c(-c5ccc(N(c6ccccc6)c6cccc7c6CCCC7)cc5)c5ccccc45)c3)c3ccccc23)cc1. The first-order valence-corrected chi connectivity index (χ1v) is 22.8. The van der Waals surface area contributed by atoms with Crippen LogP contribution >= 0.6 is 0 Å². The molecule has 64 heavy (non-hydrogen) atoms. The summed E-state index contributed by atoms with van der Waals surface area (Å²) in [6.07, 6.45) is 4.77. The third-order valence-electron chi connectivity index (χ3n) is 13.7. The summed E-state index contributed by atoms with van der Waals surface area (Å²) in [4.78, 5) is 2.46. The van der Waals surface area contributed by atoms with Gasteiger partial charge in [-0.3, -0.25) is 0 Å². The Balaban J connectivity index is 1.02. The van der Waals surface area contributed by atoms with E-state index >= 15 is 0 Å². The maximum Gasteiger partial charge on any atom is 0.0496 e.